The predicted molar refractivity (Wildman–Crippen MR) is 59.7 cm³/mol. The van der Waals surface area contributed by atoms with Crippen LogP contribution in [0.15, 0.2) is 6.20 Å². The molecule has 0 saturated heterocycles. The quantitative estimate of drug-likeness (QED) is 0.768. The fourth-order valence-corrected chi connectivity index (χ4v) is 1.47. The molecule has 0 unspecified atom stereocenters. The van der Waals surface area contributed by atoms with Gasteiger partial charge in [0.15, 0.2) is 0 Å². The van der Waals surface area contributed by atoms with Crippen molar-refractivity contribution in [3.05, 3.63) is 11.9 Å². The molecule has 0 amide bonds. The van der Waals surface area contributed by atoms with E-state index in [-0.39, 0.29) is 0 Å². The van der Waals surface area contributed by atoms with Crippen molar-refractivity contribution in [2.24, 2.45) is 0 Å². The van der Waals surface area contributed by atoms with E-state index in [4.69, 9.17) is 0 Å². The van der Waals surface area contributed by atoms with Crippen LogP contribution in [-0.2, 0) is 6.54 Å². The van der Waals surface area contributed by atoms with E-state index in [0.717, 1.165) is 31.2 Å². The molecule has 0 aliphatic carbocycles. The number of aromatic nitrogens is 2. The SMILES string of the molecule is CNc1nc(C)cn1CCCN(C)C. The smallest absolute Gasteiger partial charge is 0.202 e. The molecule has 1 aromatic rings. The van der Waals surface area contributed by atoms with Crippen LogP contribution in [0.25, 0.3) is 0 Å². The molecule has 0 fully saturated rings. The van der Waals surface area contributed by atoms with Crippen LogP contribution in [0, 0.1) is 6.92 Å². The molecule has 0 radical (unpaired) electrons. The summed E-state index contributed by atoms with van der Waals surface area (Å²) in [5.41, 5.74) is 1.07. The Bertz CT molecular complexity index is 278. The molecule has 1 aromatic heterocycles. The average Bonchev–Trinajstić information content (AvgIpc) is 2.45. The number of nitrogens with one attached hydrogen (secondary N) is 1. The zero-order valence-electron chi connectivity index (χ0n) is 9.54. The molecule has 1 N–H and O–H groups in total. The Labute approximate surface area is 85.9 Å². The summed E-state index contributed by atoms with van der Waals surface area (Å²) >= 11 is 0. The van der Waals surface area contributed by atoms with Crippen molar-refractivity contribution in [1.82, 2.24) is 14.5 Å². The van der Waals surface area contributed by atoms with Crippen molar-refractivity contribution >= 4 is 5.95 Å². The first-order valence-electron chi connectivity index (χ1n) is 4.99. The minimum absolute atomic E-state index is 0.959. The molecule has 14 heavy (non-hydrogen) atoms. The Morgan fingerprint density at radius 1 is 1.50 bits per heavy atom. The van der Waals surface area contributed by atoms with E-state index in [2.05, 4.69) is 40.1 Å². The van der Waals surface area contributed by atoms with Crippen LogP contribution in [0.3, 0.4) is 0 Å². The third kappa shape index (κ3) is 3.03. The summed E-state index contributed by atoms with van der Waals surface area (Å²) in [5, 5.41) is 3.09. The summed E-state index contributed by atoms with van der Waals surface area (Å²) < 4.78 is 2.17. The van der Waals surface area contributed by atoms with Gasteiger partial charge in [-0.25, -0.2) is 4.98 Å². The molecule has 0 bridgehead atoms. The van der Waals surface area contributed by atoms with Gasteiger partial charge in [0.05, 0.1) is 5.69 Å². The van der Waals surface area contributed by atoms with Crippen molar-refractivity contribution < 1.29 is 0 Å². The van der Waals surface area contributed by atoms with Gasteiger partial charge < -0.3 is 14.8 Å². The summed E-state index contributed by atoms with van der Waals surface area (Å²) in [6, 6.07) is 0. The van der Waals surface area contributed by atoms with Gasteiger partial charge in [-0.05, 0) is 34.0 Å². The van der Waals surface area contributed by atoms with Gasteiger partial charge >= 0.3 is 0 Å². The van der Waals surface area contributed by atoms with Crippen molar-refractivity contribution in [3.63, 3.8) is 0 Å². The maximum absolute atomic E-state index is 4.37. The zero-order valence-corrected chi connectivity index (χ0v) is 9.54. The molecule has 0 saturated carbocycles. The third-order valence-corrected chi connectivity index (χ3v) is 2.12. The second-order valence-electron chi connectivity index (χ2n) is 3.81. The van der Waals surface area contributed by atoms with E-state index in [0.29, 0.717) is 0 Å². The molecule has 4 nitrogen and oxygen atoms in total. The molecule has 0 atom stereocenters. The molecule has 4 heteroatoms. The second-order valence-corrected chi connectivity index (χ2v) is 3.81. The second kappa shape index (κ2) is 5.00. The Morgan fingerprint density at radius 3 is 2.79 bits per heavy atom. The lowest BCUT2D eigenvalue weighted by Gasteiger charge is -2.10. The van der Waals surface area contributed by atoms with Crippen LogP contribution in [-0.4, -0.2) is 42.1 Å². The van der Waals surface area contributed by atoms with Crippen molar-refractivity contribution in [2.45, 2.75) is 19.9 Å². The first-order chi connectivity index (χ1) is 6.63. The number of hydrogen-bond acceptors (Lipinski definition) is 3. The van der Waals surface area contributed by atoms with E-state index in [1.807, 2.05) is 14.0 Å². The van der Waals surface area contributed by atoms with E-state index >= 15 is 0 Å². The van der Waals surface area contributed by atoms with E-state index in [1.165, 1.54) is 0 Å². The summed E-state index contributed by atoms with van der Waals surface area (Å²) in [5.74, 6) is 0.959. The summed E-state index contributed by atoms with van der Waals surface area (Å²) in [4.78, 5) is 6.56. The van der Waals surface area contributed by atoms with Crippen LogP contribution >= 0.6 is 0 Å². The number of hydrogen-bond donors (Lipinski definition) is 1. The van der Waals surface area contributed by atoms with Gasteiger partial charge in [0.1, 0.15) is 0 Å². The molecule has 0 aliphatic heterocycles. The van der Waals surface area contributed by atoms with Crippen LogP contribution in [0.4, 0.5) is 5.95 Å². The molecule has 1 rings (SSSR count). The molecule has 0 spiro atoms. The largest absolute Gasteiger partial charge is 0.359 e. The third-order valence-electron chi connectivity index (χ3n) is 2.12. The lowest BCUT2D eigenvalue weighted by molar-refractivity contribution is 0.387. The normalized spacial score (nSPS) is 10.9. The Hall–Kier alpha value is -1.03. The van der Waals surface area contributed by atoms with E-state index < -0.39 is 0 Å². The summed E-state index contributed by atoms with van der Waals surface area (Å²) in [6.07, 6.45) is 3.24. The standard InChI is InChI=1S/C10H20N4/c1-9-8-14(10(11-2)12-9)7-5-6-13(3)4/h8H,5-7H2,1-4H3,(H,11,12). The average molecular weight is 196 g/mol. The number of anilines is 1. The number of nitrogens with zero attached hydrogens (tertiary/aromatic N) is 3. The van der Waals surface area contributed by atoms with Crippen LogP contribution in [0.1, 0.15) is 12.1 Å². The summed E-state index contributed by atoms with van der Waals surface area (Å²) in [7, 11) is 6.10. The Balaban J connectivity index is 2.48. The molecule has 1 heterocycles. The lowest BCUT2D eigenvalue weighted by Crippen LogP contribution is -2.15. The minimum atomic E-state index is 0.959. The van der Waals surface area contributed by atoms with E-state index in [9.17, 15) is 0 Å². The van der Waals surface area contributed by atoms with Gasteiger partial charge in [0.2, 0.25) is 5.95 Å². The van der Waals surface area contributed by atoms with Gasteiger partial charge in [-0.15, -0.1) is 0 Å². The number of imidazole rings is 1. The Kier molecular flexibility index (Phi) is 3.95. The molecule has 0 aromatic carbocycles. The van der Waals surface area contributed by atoms with Gasteiger partial charge in [0.25, 0.3) is 0 Å². The van der Waals surface area contributed by atoms with Crippen LogP contribution in [0.5, 0.6) is 0 Å². The van der Waals surface area contributed by atoms with Gasteiger partial charge in [-0.1, -0.05) is 0 Å². The maximum atomic E-state index is 4.37. The highest BCUT2D eigenvalue weighted by molar-refractivity contribution is 5.27. The van der Waals surface area contributed by atoms with Crippen molar-refractivity contribution in [1.29, 1.82) is 0 Å². The predicted octanol–water partition coefficient (Wildman–Crippen LogP) is 1.18. The monoisotopic (exact) mass is 196 g/mol. The van der Waals surface area contributed by atoms with Gasteiger partial charge in [-0.2, -0.15) is 0 Å². The highest BCUT2D eigenvalue weighted by atomic mass is 15.2. The van der Waals surface area contributed by atoms with Crippen molar-refractivity contribution in [2.75, 3.05) is 33.0 Å². The fraction of sp³-hybridized carbons (Fsp3) is 0.700. The topological polar surface area (TPSA) is 33.1 Å². The maximum Gasteiger partial charge on any atom is 0.202 e. The lowest BCUT2D eigenvalue weighted by atomic mass is 10.4. The zero-order chi connectivity index (χ0) is 10.6. The minimum Gasteiger partial charge on any atom is -0.359 e. The molecule has 0 aliphatic rings. The Morgan fingerprint density at radius 2 is 2.21 bits per heavy atom. The van der Waals surface area contributed by atoms with E-state index in [1.54, 1.807) is 0 Å². The number of rotatable bonds is 5. The fourth-order valence-electron chi connectivity index (χ4n) is 1.47. The van der Waals surface area contributed by atoms with Gasteiger partial charge in [-0.3, -0.25) is 0 Å². The molecule has 80 valence electrons. The molecular formula is C10H20N4. The first-order valence-corrected chi connectivity index (χ1v) is 4.99. The van der Waals surface area contributed by atoms with Crippen molar-refractivity contribution in [3.8, 4) is 0 Å². The summed E-state index contributed by atoms with van der Waals surface area (Å²) in [6.45, 7) is 4.15. The highest BCUT2D eigenvalue weighted by Crippen LogP contribution is 2.08. The highest BCUT2D eigenvalue weighted by Gasteiger charge is 2.02. The number of aryl methyl sites for hydroxylation is 2. The first kappa shape index (κ1) is 11.0. The molecular weight excluding hydrogens is 176 g/mol. The van der Waals surface area contributed by atoms with Gasteiger partial charge in [0, 0.05) is 19.8 Å². The van der Waals surface area contributed by atoms with Crippen LogP contribution < -0.4 is 5.32 Å². The van der Waals surface area contributed by atoms with Crippen LogP contribution in [0.2, 0.25) is 0 Å².